The quantitative estimate of drug-likeness (QED) is 0.319. The van der Waals surface area contributed by atoms with Crippen molar-refractivity contribution >= 4 is 24.7 Å². The Kier molecular flexibility index (Phi) is 5.08. The number of hydrogen-bond donors (Lipinski definition) is 4. The van der Waals surface area contributed by atoms with Crippen LogP contribution in [-0.4, -0.2) is 46.2 Å². The molecule has 0 aromatic carbocycles. The predicted octanol–water partition coefficient (Wildman–Crippen LogP) is -3.88. The van der Waals surface area contributed by atoms with Crippen LogP contribution in [0.3, 0.4) is 0 Å². The van der Waals surface area contributed by atoms with E-state index in [1.807, 2.05) is 0 Å². The molecule has 0 spiro atoms. The smallest absolute Gasteiger partial charge is 0.857 e. The molecular formula is C11H15N5NaO5P. The number of nitrogen functional groups attached to an aromatic ring is 1. The van der Waals surface area contributed by atoms with Crippen molar-refractivity contribution < 1.29 is 54.1 Å². The van der Waals surface area contributed by atoms with Crippen molar-refractivity contribution in [2.45, 2.75) is 30.9 Å². The second-order valence-electron chi connectivity index (χ2n) is 5.65. The Morgan fingerprint density at radius 2 is 2.17 bits per heavy atom. The Morgan fingerprint density at radius 3 is 2.83 bits per heavy atom. The fourth-order valence-corrected chi connectivity index (χ4v) is 4.07. The monoisotopic (exact) mass is 351 g/mol. The molecule has 2 heterocycles. The first-order chi connectivity index (χ1) is 10.2. The van der Waals surface area contributed by atoms with Gasteiger partial charge in [0.15, 0.2) is 5.65 Å². The summed E-state index contributed by atoms with van der Waals surface area (Å²) in [4.78, 5) is 29.6. The Hall–Kier alpha value is -0.740. The summed E-state index contributed by atoms with van der Waals surface area (Å²) < 4.78 is 12.7. The van der Waals surface area contributed by atoms with Gasteiger partial charge < -0.3 is 30.3 Å². The largest absolute Gasteiger partial charge is 1.00 e. The SMILES string of the molecule is Nc1nc([O-])c2ncn([C@H]3CC[C@@](O)(CP(=O)(O)O)C3)c2n1.[Na+]. The van der Waals surface area contributed by atoms with Gasteiger partial charge >= 0.3 is 37.2 Å². The topological polar surface area (TPSA) is 170 Å². The number of imidazole rings is 1. The van der Waals surface area contributed by atoms with Crippen LogP contribution in [0.25, 0.3) is 11.2 Å². The van der Waals surface area contributed by atoms with Crippen molar-refractivity contribution in [1.82, 2.24) is 19.5 Å². The molecule has 2 aromatic rings. The van der Waals surface area contributed by atoms with Crippen LogP contribution in [0.4, 0.5) is 5.95 Å². The Bertz CT molecular complexity index is 779. The summed E-state index contributed by atoms with van der Waals surface area (Å²) in [5, 5.41) is 22.0. The second kappa shape index (κ2) is 6.29. The molecule has 3 rings (SSSR count). The van der Waals surface area contributed by atoms with Gasteiger partial charge in [0.1, 0.15) is 5.52 Å². The summed E-state index contributed by atoms with van der Waals surface area (Å²) in [6.07, 6.45) is 1.69. The molecule has 0 amide bonds. The van der Waals surface area contributed by atoms with Crippen molar-refractivity contribution in [3.63, 3.8) is 0 Å². The summed E-state index contributed by atoms with van der Waals surface area (Å²) >= 11 is 0. The van der Waals surface area contributed by atoms with Gasteiger partial charge in [-0.05, 0) is 19.3 Å². The van der Waals surface area contributed by atoms with Crippen LogP contribution in [0.5, 0.6) is 5.88 Å². The first kappa shape index (κ1) is 18.6. The van der Waals surface area contributed by atoms with Crippen LogP contribution in [0.2, 0.25) is 0 Å². The van der Waals surface area contributed by atoms with Gasteiger partial charge in [0.25, 0.3) is 0 Å². The van der Waals surface area contributed by atoms with Gasteiger partial charge in [0, 0.05) is 11.9 Å². The van der Waals surface area contributed by atoms with Crippen LogP contribution < -0.4 is 40.4 Å². The third kappa shape index (κ3) is 3.85. The Labute approximate surface area is 153 Å². The molecule has 5 N–H and O–H groups in total. The van der Waals surface area contributed by atoms with Gasteiger partial charge in [-0.2, -0.15) is 4.98 Å². The number of hydrogen-bond acceptors (Lipinski definition) is 7. The molecule has 0 saturated heterocycles. The number of aliphatic hydroxyl groups is 1. The predicted molar refractivity (Wildman–Crippen MR) is 73.9 cm³/mol. The molecule has 2 atom stereocenters. The van der Waals surface area contributed by atoms with E-state index in [9.17, 15) is 14.8 Å². The zero-order chi connectivity index (χ0) is 16.1. The van der Waals surface area contributed by atoms with E-state index >= 15 is 0 Å². The zero-order valence-electron chi connectivity index (χ0n) is 12.5. The maximum atomic E-state index is 11.7. The van der Waals surface area contributed by atoms with Crippen molar-refractivity contribution in [3.8, 4) is 5.88 Å². The summed E-state index contributed by atoms with van der Waals surface area (Å²) in [6, 6.07) is -0.268. The minimum atomic E-state index is -4.32. The van der Waals surface area contributed by atoms with E-state index in [2.05, 4.69) is 15.0 Å². The van der Waals surface area contributed by atoms with Crippen LogP contribution >= 0.6 is 7.60 Å². The van der Waals surface area contributed by atoms with E-state index in [4.69, 9.17) is 15.5 Å². The third-order valence-corrected chi connectivity index (χ3v) is 4.86. The molecular weight excluding hydrogens is 336 g/mol. The summed E-state index contributed by atoms with van der Waals surface area (Å²) in [5.41, 5.74) is 4.38. The molecule has 1 aliphatic rings. The maximum absolute atomic E-state index is 11.7. The van der Waals surface area contributed by atoms with E-state index in [0.29, 0.717) is 6.42 Å². The number of anilines is 1. The number of nitrogens with two attached hydrogens (primary N) is 1. The number of nitrogens with zero attached hydrogens (tertiary/aromatic N) is 4. The Balaban J connectivity index is 0.00000192. The standard InChI is InChI=1S/C11H16N5O5P.Na/c12-10-14-8-7(9(17)15-10)13-5-16(8)6-1-2-11(18,3-6)4-22(19,20)21;/h5-6,18H,1-4H2,(H2,19,20,21)(H3,12,14,15,17);/q;+1/p-1/t6-,11-;/m0./s1. The molecule has 0 radical (unpaired) electrons. The molecule has 23 heavy (non-hydrogen) atoms. The normalized spacial score (nSPS) is 24.7. The van der Waals surface area contributed by atoms with E-state index < -0.39 is 25.2 Å². The van der Waals surface area contributed by atoms with Crippen molar-refractivity contribution in [3.05, 3.63) is 6.33 Å². The van der Waals surface area contributed by atoms with Crippen molar-refractivity contribution in [1.29, 1.82) is 0 Å². The van der Waals surface area contributed by atoms with E-state index in [-0.39, 0.29) is 65.6 Å². The first-order valence-corrected chi connectivity index (χ1v) is 8.41. The number of aromatic nitrogens is 4. The molecule has 1 aliphatic carbocycles. The minimum Gasteiger partial charge on any atom is -0.857 e. The van der Waals surface area contributed by atoms with Crippen LogP contribution in [0.15, 0.2) is 6.33 Å². The van der Waals surface area contributed by atoms with E-state index in [1.165, 1.54) is 6.33 Å². The van der Waals surface area contributed by atoms with Gasteiger partial charge in [-0.1, -0.05) is 0 Å². The van der Waals surface area contributed by atoms with Gasteiger partial charge in [-0.15, -0.1) is 0 Å². The average Bonchev–Trinajstić information content (AvgIpc) is 2.90. The molecule has 0 unspecified atom stereocenters. The number of rotatable bonds is 3. The van der Waals surface area contributed by atoms with Crippen LogP contribution in [0, 0.1) is 0 Å². The maximum Gasteiger partial charge on any atom is 1.00 e. The van der Waals surface area contributed by atoms with Crippen LogP contribution in [-0.2, 0) is 4.57 Å². The second-order valence-corrected chi connectivity index (χ2v) is 7.30. The van der Waals surface area contributed by atoms with Gasteiger partial charge in [-0.25, -0.2) is 9.97 Å². The third-order valence-electron chi connectivity index (χ3n) is 3.86. The summed E-state index contributed by atoms with van der Waals surface area (Å²) in [6.45, 7) is 0. The number of fused-ring (bicyclic) bond motifs is 1. The van der Waals surface area contributed by atoms with Crippen LogP contribution in [0.1, 0.15) is 25.3 Å². The summed E-state index contributed by atoms with van der Waals surface area (Å²) in [5.74, 6) is -0.743. The average molecular weight is 351 g/mol. The molecule has 2 aromatic heterocycles. The molecule has 12 heteroatoms. The minimum absolute atomic E-state index is 0. The fourth-order valence-electron chi connectivity index (χ4n) is 3.02. The molecule has 1 fully saturated rings. The van der Waals surface area contributed by atoms with Gasteiger partial charge in [0.05, 0.1) is 18.1 Å². The van der Waals surface area contributed by atoms with Gasteiger partial charge in [0.2, 0.25) is 5.95 Å². The van der Waals surface area contributed by atoms with Crippen molar-refractivity contribution in [2.75, 3.05) is 11.9 Å². The zero-order valence-corrected chi connectivity index (χ0v) is 15.3. The van der Waals surface area contributed by atoms with E-state index in [0.717, 1.165) is 0 Å². The summed E-state index contributed by atoms with van der Waals surface area (Å²) in [7, 11) is -4.32. The molecule has 0 bridgehead atoms. The van der Waals surface area contributed by atoms with Crippen molar-refractivity contribution in [2.24, 2.45) is 0 Å². The van der Waals surface area contributed by atoms with E-state index in [1.54, 1.807) is 4.57 Å². The van der Waals surface area contributed by atoms with Gasteiger partial charge in [-0.3, -0.25) is 4.57 Å². The molecule has 10 nitrogen and oxygen atoms in total. The Morgan fingerprint density at radius 1 is 1.48 bits per heavy atom. The molecule has 0 aliphatic heterocycles. The fraction of sp³-hybridized carbons (Fsp3) is 0.545. The first-order valence-electron chi connectivity index (χ1n) is 6.61. The molecule has 1 saturated carbocycles. The molecule has 120 valence electrons.